The number of hydrogen-bond acceptors (Lipinski definition) is 4. The summed E-state index contributed by atoms with van der Waals surface area (Å²) < 4.78 is 40.5. The Bertz CT molecular complexity index is 1110. The van der Waals surface area contributed by atoms with Crippen molar-refractivity contribution in [2.24, 2.45) is 0 Å². The molecule has 0 saturated carbocycles. The number of alkyl halides is 3. The molecule has 3 aromatic rings. The van der Waals surface area contributed by atoms with E-state index >= 15 is 0 Å². The highest BCUT2D eigenvalue weighted by atomic mass is 35.5. The molecule has 0 unspecified atom stereocenters. The Morgan fingerprint density at radius 3 is 2.62 bits per heavy atom. The minimum Gasteiger partial charge on any atom is -0.332 e. The van der Waals surface area contributed by atoms with Gasteiger partial charge in [-0.15, -0.1) is 10.2 Å². The average Bonchev–Trinajstić information content (AvgIpc) is 3.39. The molecule has 32 heavy (non-hydrogen) atoms. The van der Waals surface area contributed by atoms with Gasteiger partial charge in [0.05, 0.1) is 19.0 Å². The molecule has 1 aromatic carbocycles. The molecule has 6 nitrogen and oxygen atoms in total. The lowest BCUT2D eigenvalue weighted by Gasteiger charge is -2.25. The predicted molar refractivity (Wildman–Crippen MR) is 112 cm³/mol. The van der Waals surface area contributed by atoms with E-state index in [1.54, 1.807) is 11.2 Å². The zero-order valence-corrected chi connectivity index (χ0v) is 18.1. The number of halogens is 4. The molecule has 2 aromatic heterocycles. The van der Waals surface area contributed by atoms with Crippen LogP contribution in [0.2, 0.25) is 5.02 Å². The predicted octanol–water partition coefficient (Wildman–Crippen LogP) is 4.61. The van der Waals surface area contributed by atoms with E-state index in [1.807, 2.05) is 28.8 Å². The average molecular weight is 464 g/mol. The number of pyridine rings is 1. The monoisotopic (exact) mass is 463 g/mol. The third kappa shape index (κ3) is 4.77. The van der Waals surface area contributed by atoms with Crippen molar-refractivity contribution in [1.29, 1.82) is 0 Å². The van der Waals surface area contributed by atoms with Crippen LogP contribution in [0.25, 0.3) is 0 Å². The molecule has 1 saturated heterocycles. The highest BCUT2D eigenvalue weighted by Gasteiger charge is 2.35. The fourth-order valence-electron chi connectivity index (χ4n) is 3.96. The van der Waals surface area contributed by atoms with Crippen LogP contribution in [0.5, 0.6) is 0 Å². The Balaban J connectivity index is 1.50. The number of amides is 1. The number of rotatable bonds is 5. The molecule has 4 rings (SSSR count). The van der Waals surface area contributed by atoms with E-state index in [0.717, 1.165) is 24.5 Å². The standard InChI is InChI=1S/C22H21ClF3N5O/c1-14-16(6-9-19(28-14)22(24,25)26)11-20(32)31-10-2-3-18(31)21-29-27-13-30(21)12-15-4-7-17(23)8-5-15/h4-9,13,18H,2-3,10-12H2,1H3/t18-/m1/s1. The summed E-state index contributed by atoms with van der Waals surface area (Å²) >= 11 is 5.96. The molecule has 1 aliphatic heterocycles. The molecule has 168 valence electrons. The van der Waals surface area contributed by atoms with Gasteiger partial charge in [0.15, 0.2) is 5.82 Å². The molecule has 10 heteroatoms. The maximum Gasteiger partial charge on any atom is 0.433 e. The van der Waals surface area contributed by atoms with Gasteiger partial charge in [0.1, 0.15) is 12.0 Å². The molecular weight excluding hydrogens is 443 g/mol. The Kier molecular flexibility index (Phi) is 6.19. The molecule has 1 amide bonds. The summed E-state index contributed by atoms with van der Waals surface area (Å²) in [4.78, 5) is 18.4. The summed E-state index contributed by atoms with van der Waals surface area (Å²) in [6, 6.07) is 9.48. The van der Waals surface area contributed by atoms with E-state index in [4.69, 9.17) is 11.6 Å². The van der Waals surface area contributed by atoms with Crippen LogP contribution in [0.3, 0.4) is 0 Å². The first kappa shape index (κ1) is 22.3. The summed E-state index contributed by atoms with van der Waals surface area (Å²) in [5.41, 5.74) is 0.754. The van der Waals surface area contributed by atoms with Gasteiger partial charge < -0.3 is 9.47 Å². The van der Waals surface area contributed by atoms with Gasteiger partial charge in [-0.2, -0.15) is 13.2 Å². The molecule has 1 atom stereocenters. The fourth-order valence-corrected chi connectivity index (χ4v) is 4.09. The number of aromatic nitrogens is 4. The number of carbonyl (C=O) groups is 1. The molecule has 0 bridgehead atoms. The second-order valence-corrected chi connectivity index (χ2v) is 8.24. The topological polar surface area (TPSA) is 63.9 Å². The molecule has 1 fully saturated rings. The minimum absolute atomic E-state index is 0.0151. The Morgan fingerprint density at radius 1 is 1.19 bits per heavy atom. The molecule has 0 radical (unpaired) electrons. The first-order valence-electron chi connectivity index (χ1n) is 10.2. The molecule has 0 aliphatic carbocycles. The smallest absolute Gasteiger partial charge is 0.332 e. The van der Waals surface area contributed by atoms with Gasteiger partial charge in [0.2, 0.25) is 5.91 Å². The van der Waals surface area contributed by atoms with Crippen LogP contribution in [-0.2, 0) is 23.9 Å². The maximum absolute atomic E-state index is 13.1. The quantitative estimate of drug-likeness (QED) is 0.554. The summed E-state index contributed by atoms with van der Waals surface area (Å²) in [6.45, 7) is 2.59. The number of benzene rings is 1. The van der Waals surface area contributed by atoms with Crippen LogP contribution < -0.4 is 0 Å². The van der Waals surface area contributed by atoms with E-state index in [-0.39, 0.29) is 24.1 Å². The van der Waals surface area contributed by atoms with Crippen molar-refractivity contribution in [3.63, 3.8) is 0 Å². The highest BCUT2D eigenvalue weighted by Crippen LogP contribution is 2.32. The second-order valence-electron chi connectivity index (χ2n) is 7.80. The number of aryl methyl sites for hydroxylation is 1. The lowest BCUT2D eigenvalue weighted by molar-refractivity contribution is -0.141. The lowest BCUT2D eigenvalue weighted by Crippen LogP contribution is -2.33. The van der Waals surface area contributed by atoms with Crippen LogP contribution in [-0.4, -0.2) is 37.1 Å². The largest absolute Gasteiger partial charge is 0.433 e. The first-order chi connectivity index (χ1) is 15.2. The van der Waals surface area contributed by atoms with Gasteiger partial charge in [0, 0.05) is 17.3 Å². The van der Waals surface area contributed by atoms with Gasteiger partial charge in [-0.1, -0.05) is 29.8 Å². The van der Waals surface area contributed by atoms with Crippen molar-refractivity contribution in [2.45, 2.75) is 44.9 Å². The van der Waals surface area contributed by atoms with Crippen molar-refractivity contribution in [1.82, 2.24) is 24.6 Å². The van der Waals surface area contributed by atoms with E-state index in [2.05, 4.69) is 15.2 Å². The van der Waals surface area contributed by atoms with E-state index in [0.29, 0.717) is 29.5 Å². The van der Waals surface area contributed by atoms with Crippen LogP contribution in [0.4, 0.5) is 13.2 Å². The van der Waals surface area contributed by atoms with Crippen molar-refractivity contribution in [3.05, 3.63) is 76.1 Å². The van der Waals surface area contributed by atoms with Gasteiger partial charge in [-0.25, -0.2) is 4.98 Å². The second kappa shape index (κ2) is 8.90. The summed E-state index contributed by atoms with van der Waals surface area (Å²) in [5, 5.41) is 8.95. The number of carbonyl (C=O) groups excluding carboxylic acids is 1. The normalized spacial score (nSPS) is 16.5. The summed E-state index contributed by atoms with van der Waals surface area (Å²) in [7, 11) is 0. The summed E-state index contributed by atoms with van der Waals surface area (Å²) in [5.74, 6) is 0.520. The van der Waals surface area contributed by atoms with Crippen LogP contribution in [0, 0.1) is 6.92 Å². The Labute approximate surface area is 188 Å². The number of hydrogen-bond donors (Lipinski definition) is 0. The summed E-state index contributed by atoms with van der Waals surface area (Å²) in [6.07, 6.45) is -1.33. The van der Waals surface area contributed by atoms with E-state index < -0.39 is 11.9 Å². The lowest BCUT2D eigenvalue weighted by atomic mass is 10.1. The third-order valence-corrected chi connectivity index (χ3v) is 5.86. The van der Waals surface area contributed by atoms with E-state index in [1.165, 1.54) is 13.0 Å². The fraction of sp³-hybridized carbons (Fsp3) is 0.364. The molecule has 0 N–H and O–H groups in total. The van der Waals surface area contributed by atoms with Crippen molar-refractivity contribution >= 4 is 17.5 Å². The minimum atomic E-state index is -4.51. The molecular formula is C22H21ClF3N5O. The van der Waals surface area contributed by atoms with E-state index in [9.17, 15) is 18.0 Å². The van der Waals surface area contributed by atoms with Crippen LogP contribution >= 0.6 is 11.6 Å². The van der Waals surface area contributed by atoms with Crippen molar-refractivity contribution < 1.29 is 18.0 Å². The van der Waals surface area contributed by atoms with Gasteiger partial charge in [0.25, 0.3) is 0 Å². The molecule has 0 spiro atoms. The maximum atomic E-state index is 13.1. The van der Waals surface area contributed by atoms with Crippen molar-refractivity contribution in [3.8, 4) is 0 Å². The van der Waals surface area contributed by atoms with Crippen molar-refractivity contribution in [2.75, 3.05) is 6.54 Å². The zero-order chi connectivity index (χ0) is 22.9. The van der Waals surface area contributed by atoms with Gasteiger partial charge >= 0.3 is 6.18 Å². The molecule has 3 heterocycles. The highest BCUT2D eigenvalue weighted by molar-refractivity contribution is 6.30. The zero-order valence-electron chi connectivity index (χ0n) is 17.3. The Hall–Kier alpha value is -2.94. The van der Waals surface area contributed by atoms with Crippen LogP contribution in [0.15, 0.2) is 42.7 Å². The first-order valence-corrected chi connectivity index (χ1v) is 10.6. The number of nitrogens with zero attached hydrogens (tertiary/aromatic N) is 5. The number of likely N-dealkylation sites (tertiary alicyclic amines) is 1. The van der Waals surface area contributed by atoms with Gasteiger partial charge in [-0.3, -0.25) is 4.79 Å². The SMILES string of the molecule is Cc1nc(C(F)(F)F)ccc1CC(=O)N1CCC[C@@H]1c1nncn1Cc1ccc(Cl)cc1. The molecule has 1 aliphatic rings. The van der Waals surface area contributed by atoms with Gasteiger partial charge in [-0.05, 0) is 49.1 Å². The van der Waals surface area contributed by atoms with Crippen LogP contribution in [0.1, 0.15) is 47.2 Å². The Morgan fingerprint density at radius 2 is 1.94 bits per heavy atom. The third-order valence-electron chi connectivity index (χ3n) is 5.61.